The van der Waals surface area contributed by atoms with Crippen molar-refractivity contribution in [2.45, 2.75) is 44.9 Å². The number of esters is 1. The predicted octanol–water partition coefficient (Wildman–Crippen LogP) is 3.17. The number of nitrogens with one attached hydrogen (secondary N) is 1. The van der Waals surface area contributed by atoms with Crippen LogP contribution in [-0.4, -0.2) is 56.6 Å². The van der Waals surface area contributed by atoms with Gasteiger partial charge in [-0.3, -0.25) is 14.4 Å². The van der Waals surface area contributed by atoms with Gasteiger partial charge in [-0.15, -0.1) is 0 Å². The minimum absolute atomic E-state index is 0.0355. The summed E-state index contributed by atoms with van der Waals surface area (Å²) in [4.78, 5) is 36.6. The van der Waals surface area contributed by atoms with Gasteiger partial charge in [-0.25, -0.2) is 8.42 Å². The largest absolute Gasteiger partial charge is 0.456 e. The first-order valence-electron chi connectivity index (χ1n) is 11.1. The number of benzene rings is 2. The van der Waals surface area contributed by atoms with Gasteiger partial charge < -0.3 is 10.1 Å². The smallest absolute Gasteiger partial charge is 0.325 e. The van der Waals surface area contributed by atoms with Gasteiger partial charge in [0.05, 0.1) is 4.90 Å². The number of Topliss-reactive ketones (excluding diaryl/α,β-unsaturated/α-hetero) is 1. The SMILES string of the molecule is CCN(CC)S(=O)(=O)c1ccc(C(=O)NCC(=O)OCC(=O)c2ccc(C(C)(C)C)cc2)cc1. The van der Waals surface area contributed by atoms with E-state index in [2.05, 4.69) is 26.1 Å². The highest BCUT2D eigenvalue weighted by Crippen LogP contribution is 2.22. The maximum atomic E-state index is 12.5. The maximum Gasteiger partial charge on any atom is 0.325 e. The van der Waals surface area contributed by atoms with E-state index in [0.717, 1.165) is 5.56 Å². The first kappa shape index (κ1) is 27.2. The Kier molecular flexibility index (Phi) is 9.12. The monoisotopic (exact) mass is 488 g/mol. The van der Waals surface area contributed by atoms with E-state index in [-0.39, 0.29) is 21.7 Å². The van der Waals surface area contributed by atoms with Crippen molar-refractivity contribution < 1.29 is 27.5 Å². The zero-order chi connectivity index (χ0) is 25.5. The van der Waals surface area contributed by atoms with Crippen LogP contribution in [-0.2, 0) is 25.0 Å². The molecule has 0 saturated carbocycles. The van der Waals surface area contributed by atoms with Crippen LogP contribution in [0.25, 0.3) is 0 Å². The molecule has 2 aromatic rings. The number of carbonyl (C=O) groups is 3. The molecule has 9 heteroatoms. The third-order valence-corrected chi connectivity index (χ3v) is 7.35. The van der Waals surface area contributed by atoms with Crippen molar-refractivity contribution in [1.82, 2.24) is 9.62 Å². The number of amides is 1. The molecule has 0 heterocycles. The topological polar surface area (TPSA) is 110 Å². The van der Waals surface area contributed by atoms with Crippen LogP contribution >= 0.6 is 0 Å². The molecule has 0 saturated heterocycles. The molecule has 0 unspecified atom stereocenters. The summed E-state index contributed by atoms with van der Waals surface area (Å²) in [6.07, 6.45) is 0. The number of ketones is 1. The number of ether oxygens (including phenoxy) is 1. The summed E-state index contributed by atoms with van der Waals surface area (Å²) in [5, 5.41) is 2.40. The van der Waals surface area contributed by atoms with Crippen LogP contribution in [0, 0.1) is 0 Å². The second kappa shape index (κ2) is 11.4. The van der Waals surface area contributed by atoms with Crippen molar-refractivity contribution in [2.24, 2.45) is 0 Å². The molecule has 0 aliphatic carbocycles. The molecule has 1 amide bonds. The van der Waals surface area contributed by atoms with E-state index >= 15 is 0 Å². The first-order chi connectivity index (χ1) is 15.9. The van der Waals surface area contributed by atoms with Crippen LogP contribution in [0.3, 0.4) is 0 Å². The lowest BCUT2D eigenvalue weighted by Crippen LogP contribution is -2.32. The van der Waals surface area contributed by atoms with Gasteiger partial charge in [0.25, 0.3) is 5.91 Å². The van der Waals surface area contributed by atoms with Crippen molar-refractivity contribution >= 4 is 27.7 Å². The van der Waals surface area contributed by atoms with E-state index in [1.807, 2.05) is 12.1 Å². The molecule has 0 fully saturated rings. The van der Waals surface area contributed by atoms with Crippen molar-refractivity contribution in [3.8, 4) is 0 Å². The Labute approximate surface area is 201 Å². The standard InChI is InChI=1S/C25H32N2O6S/c1-6-27(7-2)34(31,32)21-14-10-19(11-15-21)24(30)26-16-23(29)33-17-22(28)18-8-12-20(13-9-18)25(3,4)5/h8-15H,6-7,16-17H2,1-5H3,(H,26,30). The van der Waals surface area contributed by atoms with E-state index in [4.69, 9.17) is 4.74 Å². The Hall–Kier alpha value is -3.04. The summed E-state index contributed by atoms with van der Waals surface area (Å²) >= 11 is 0. The van der Waals surface area contributed by atoms with Crippen LogP contribution in [0.2, 0.25) is 0 Å². The Morgan fingerprint density at radius 3 is 1.91 bits per heavy atom. The molecule has 0 aromatic heterocycles. The number of sulfonamides is 1. The van der Waals surface area contributed by atoms with Gasteiger partial charge in [0.2, 0.25) is 10.0 Å². The van der Waals surface area contributed by atoms with E-state index in [1.165, 1.54) is 28.6 Å². The Balaban J connectivity index is 1.87. The molecule has 2 rings (SSSR count). The summed E-state index contributed by atoms with van der Waals surface area (Å²) in [7, 11) is -3.62. The molecule has 0 aliphatic heterocycles. The van der Waals surface area contributed by atoms with Gasteiger partial charge in [0, 0.05) is 24.2 Å². The quantitative estimate of drug-likeness (QED) is 0.406. The molecule has 0 aliphatic rings. The van der Waals surface area contributed by atoms with Crippen LogP contribution in [0.4, 0.5) is 0 Å². The molecule has 0 radical (unpaired) electrons. The summed E-state index contributed by atoms with van der Waals surface area (Å²) < 4.78 is 31.3. The highest BCUT2D eigenvalue weighted by Gasteiger charge is 2.22. The molecule has 8 nitrogen and oxygen atoms in total. The van der Waals surface area contributed by atoms with Crippen molar-refractivity contribution in [2.75, 3.05) is 26.2 Å². The molecule has 0 bridgehead atoms. The second-order valence-corrected chi connectivity index (χ2v) is 10.6. The van der Waals surface area contributed by atoms with Gasteiger partial charge in [0.1, 0.15) is 6.54 Å². The average molecular weight is 489 g/mol. The molecular formula is C25H32N2O6S. The third kappa shape index (κ3) is 6.98. The minimum Gasteiger partial charge on any atom is -0.456 e. The molecule has 0 atom stereocenters. The van der Waals surface area contributed by atoms with Crippen molar-refractivity contribution in [1.29, 1.82) is 0 Å². The van der Waals surface area contributed by atoms with Crippen LogP contribution in [0.5, 0.6) is 0 Å². The van der Waals surface area contributed by atoms with Crippen molar-refractivity contribution in [3.05, 3.63) is 65.2 Å². The maximum absolute atomic E-state index is 12.5. The highest BCUT2D eigenvalue weighted by atomic mass is 32.2. The lowest BCUT2D eigenvalue weighted by molar-refractivity contribution is -0.141. The van der Waals surface area contributed by atoms with Gasteiger partial charge in [-0.1, -0.05) is 58.9 Å². The molecule has 184 valence electrons. The summed E-state index contributed by atoms with van der Waals surface area (Å²) in [6.45, 7) is 9.54. The zero-order valence-electron chi connectivity index (χ0n) is 20.3. The molecule has 34 heavy (non-hydrogen) atoms. The fourth-order valence-corrected chi connectivity index (χ4v) is 4.64. The van der Waals surface area contributed by atoms with E-state index in [1.54, 1.807) is 26.0 Å². The van der Waals surface area contributed by atoms with Gasteiger partial charge in [-0.2, -0.15) is 4.31 Å². The van der Waals surface area contributed by atoms with Gasteiger partial charge >= 0.3 is 5.97 Å². The minimum atomic E-state index is -3.62. The summed E-state index contributed by atoms with van der Waals surface area (Å²) in [5.41, 5.74) is 1.68. The van der Waals surface area contributed by atoms with E-state index in [0.29, 0.717) is 18.7 Å². The first-order valence-corrected chi connectivity index (χ1v) is 12.5. The fourth-order valence-electron chi connectivity index (χ4n) is 3.18. The van der Waals surface area contributed by atoms with E-state index < -0.39 is 35.1 Å². The van der Waals surface area contributed by atoms with Gasteiger partial charge in [-0.05, 0) is 35.2 Å². The summed E-state index contributed by atoms with van der Waals surface area (Å²) in [5.74, 6) is -1.66. The number of hydrogen-bond acceptors (Lipinski definition) is 6. The van der Waals surface area contributed by atoms with Crippen molar-refractivity contribution in [3.63, 3.8) is 0 Å². The Morgan fingerprint density at radius 1 is 0.882 bits per heavy atom. The highest BCUT2D eigenvalue weighted by molar-refractivity contribution is 7.89. The molecule has 2 aromatic carbocycles. The zero-order valence-corrected chi connectivity index (χ0v) is 21.1. The Bertz CT molecular complexity index is 1110. The average Bonchev–Trinajstić information content (AvgIpc) is 2.81. The Morgan fingerprint density at radius 2 is 1.41 bits per heavy atom. The van der Waals surface area contributed by atoms with Gasteiger partial charge in [0.15, 0.2) is 12.4 Å². The van der Waals surface area contributed by atoms with Crippen LogP contribution in [0.1, 0.15) is 60.9 Å². The lowest BCUT2D eigenvalue weighted by atomic mass is 9.86. The second-order valence-electron chi connectivity index (χ2n) is 8.71. The fraction of sp³-hybridized carbons (Fsp3) is 0.400. The molecular weight excluding hydrogens is 456 g/mol. The molecule has 0 spiro atoms. The molecule has 1 N–H and O–H groups in total. The summed E-state index contributed by atoms with van der Waals surface area (Å²) in [6, 6.07) is 12.6. The van der Waals surface area contributed by atoms with Crippen LogP contribution in [0.15, 0.2) is 53.4 Å². The predicted molar refractivity (Wildman–Crippen MR) is 129 cm³/mol. The normalized spacial score (nSPS) is 11.8. The van der Waals surface area contributed by atoms with E-state index in [9.17, 15) is 22.8 Å². The number of carbonyl (C=O) groups excluding carboxylic acids is 3. The lowest BCUT2D eigenvalue weighted by Gasteiger charge is -2.19. The number of rotatable bonds is 10. The van der Waals surface area contributed by atoms with Crippen LogP contribution < -0.4 is 5.32 Å². The number of nitrogens with zero attached hydrogens (tertiary/aromatic N) is 1. The third-order valence-electron chi connectivity index (χ3n) is 5.29. The number of hydrogen-bond donors (Lipinski definition) is 1.